The first-order valence-corrected chi connectivity index (χ1v) is 14.2. The van der Waals surface area contributed by atoms with Crippen LogP contribution in [0.4, 0.5) is 13.2 Å². The fourth-order valence-corrected chi connectivity index (χ4v) is 5.47. The molecule has 1 fully saturated rings. The van der Waals surface area contributed by atoms with Gasteiger partial charge in [-0.2, -0.15) is 4.39 Å². The summed E-state index contributed by atoms with van der Waals surface area (Å²) in [5.74, 6) is -1.27. The maximum absolute atomic E-state index is 15.1. The molecule has 0 aromatic heterocycles. The summed E-state index contributed by atoms with van der Waals surface area (Å²) >= 11 is 0. The largest absolute Gasteiger partial charge is 0.490 e. The van der Waals surface area contributed by atoms with Crippen LogP contribution >= 0.6 is 0 Å². The summed E-state index contributed by atoms with van der Waals surface area (Å²) in [4.78, 5) is 0. The van der Waals surface area contributed by atoms with Gasteiger partial charge in [0, 0.05) is 11.1 Å². The topological polar surface area (TPSA) is 9.23 Å². The molecule has 3 aromatic rings. The van der Waals surface area contributed by atoms with Gasteiger partial charge in [0.05, 0.1) is 6.61 Å². The van der Waals surface area contributed by atoms with Gasteiger partial charge in [-0.05, 0) is 78.8 Å². The Morgan fingerprint density at radius 3 is 2.05 bits per heavy atom. The monoisotopic (exact) mass is 520 g/mol. The van der Waals surface area contributed by atoms with Crippen LogP contribution in [0.1, 0.15) is 82.6 Å². The summed E-state index contributed by atoms with van der Waals surface area (Å²) in [6, 6.07) is 15.4. The van der Waals surface area contributed by atoms with E-state index < -0.39 is 11.6 Å². The Hall–Kier alpha value is -3.01. The zero-order valence-electron chi connectivity index (χ0n) is 22.5. The number of ether oxygens (including phenoxy) is 1. The Labute approximate surface area is 225 Å². The Kier molecular flexibility index (Phi) is 10.1. The number of benzene rings is 3. The van der Waals surface area contributed by atoms with Gasteiger partial charge in [0.2, 0.25) is 5.82 Å². The summed E-state index contributed by atoms with van der Waals surface area (Å²) in [6.45, 7) is 6.44. The SMILES string of the molecule is C=CC1CCC(c2ccc(-c3ccc(-c4ccc(OCCCCCCCC)c(F)c4F)cc3)c(F)c2)CC1. The second-order valence-corrected chi connectivity index (χ2v) is 10.5. The first-order chi connectivity index (χ1) is 18.5. The van der Waals surface area contributed by atoms with Gasteiger partial charge in [-0.3, -0.25) is 0 Å². The van der Waals surface area contributed by atoms with E-state index in [0.29, 0.717) is 35.1 Å². The molecule has 0 heterocycles. The molecule has 0 saturated heterocycles. The predicted molar refractivity (Wildman–Crippen MR) is 151 cm³/mol. The highest BCUT2D eigenvalue weighted by Crippen LogP contribution is 2.38. The van der Waals surface area contributed by atoms with Crippen LogP contribution in [-0.2, 0) is 0 Å². The summed E-state index contributed by atoms with van der Waals surface area (Å²) in [6.07, 6.45) is 12.9. The minimum Gasteiger partial charge on any atom is -0.490 e. The molecule has 0 amide bonds. The van der Waals surface area contributed by atoms with Gasteiger partial charge in [0.1, 0.15) is 5.82 Å². The Morgan fingerprint density at radius 1 is 0.763 bits per heavy atom. The molecule has 4 heteroatoms. The van der Waals surface area contributed by atoms with E-state index in [-0.39, 0.29) is 17.1 Å². The maximum atomic E-state index is 15.1. The Balaban J connectivity index is 1.39. The third-order valence-electron chi connectivity index (χ3n) is 7.88. The lowest BCUT2D eigenvalue weighted by atomic mass is 9.78. The van der Waals surface area contributed by atoms with Crippen molar-refractivity contribution in [3.8, 4) is 28.0 Å². The molecule has 1 nitrogen and oxygen atoms in total. The van der Waals surface area contributed by atoms with Crippen molar-refractivity contribution >= 4 is 0 Å². The lowest BCUT2D eigenvalue weighted by Crippen LogP contribution is -2.11. The van der Waals surface area contributed by atoms with Gasteiger partial charge < -0.3 is 4.74 Å². The zero-order chi connectivity index (χ0) is 26.9. The van der Waals surface area contributed by atoms with Crippen LogP contribution in [0.15, 0.2) is 67.3 Å². The second-order valence-electron chi connectivity index (χ2n) is 10.5. The van der Waals surface area contributed by atoms with Crippen molar-refractivity contribution in [1.82, 2.24) is 0 Å². The lowest BCUT2D eigenvalue weighted by Gasteiger charge is -2.27. The molecule has 0 bridgehead atoms. The molecule has 0 spiro atoms. The van der Waals surface area contributed by atoms with Crippen LogP contribution in [0.5, 0.6) is 5.75 Å². The third-order valence-corrected chi connectivity index (χ3v) is 7.88. The molecular weight excluding hydrogens is 481 g/mol. The molecule has 0 unspecified atom stereocenters. The van der Waals surface area contributed by atoms with Crippen LogP contribution in [0.3, 0.4) is 0 Å². The average Bonchev–Trinajstić information content (AvgIpc) is 2.95. The van der Waals surface area contributed by atoms with E-state index in [2.05, 4.69) is 13.5 Å². The van der Waals surface area contributed by atoms with E-state index in [1.807, 2.05) is 18.2 Å². The van der Waals surface area contributed by atoms with Crippen molar-refractivity contribution in [3.05, 3.63) is 90.3 Å². The fourth-order valence-electron chi connectivity index (χ4n) is 5.47. The lowest BCUT2D eigenvalue weighted by molar-refractivity contribution is 0.285. The van der Waals surface area contributed by atoms with E-state index in [9.17, 15) is 8.78 Å². The van der Waals surface area contributed by atoms with E-state index >= 15 is 4.39 Å². The Morgan fingerprint density at radius 2 is 1.39 bits per heavy atom. The number of allylic oxidation sites excluding steroid dienone is 1. The minimum atomic E-state index is -0.971. The first-order valence-electron chi connectivity index (χ1n) is 14.2. The van der Waals surface area contributed by atoms with Crippen molar-refractivity contribution in [3.63, 3.8) is 0 Å². The van der Waals surface area contributed by atoms with Crippen LogP contribution in [0.25, 0.3) is 22.3 Å². The summed E-state index contributed by atoms with van der Waals surface area (Å²) < 4.78 is 50.2. The van der Waals surface area contributed by atoms with Crippen molar-refractivity contribution in [1.29, 1.82) is 0 Å². The van der Waals surface area contributed by atoms with Gasteiger partial charge >= 0.3 is 0 Å². The molecule has 0 N–H and O–H groups in total. The van der Waals surface area contributed by atoms with Crippen LogP contribution in [0, 0.1) is 23.4 Å². The summed E-state index contributed by atoms with van der Waals surface area (Å²) in [5.41, 5.74) is 2.94. The van der Waals surface area contributed by atoms with Gasteiger partial charge in [-0.1, -0.05) is 81.5 Å². The molecule has 1 aliphatic carbocycles. The molecule has 1 saturated carbocycles. The van der Waals surface area contributed by atoms with E-state index in [1.165, 1.54) is 25.3 Å². The molecule has 202 valence electrons. The third kappa shape index (κ3) is 6.89. The molecule has 0 radical (unpaired) electrons. The van der Waals surface area contributed by atoms with Gasteiger partial charge in [0.15, 0.2) is 11.6 Å². The normalized spacial score (nSPS) is 17.4. The molecule has 4 rings (SSSR count). The molecule has 0 aliphatic heterocycles. The van der Waals surface area contributed by atoms with Crippen molar-refractivity contribution < 1.29 is 17.9 Å². The fraction of sp³-hybridized carbons (Fsp3) is 0.412. The van der Waals surface area contributed by atoms with Gasteiger partial charge in [0.25, 0.3) is 0 Å². The number of hydrogen-bond acceptors (Lipinski definition) is 1. The first kappa shape index (κ1) is 28.0. The van der Waals surface area contributed by atoms with Crippen LogP contribution < -0.4 is 4.74 Å². The highest BCUT2D eigenvalue weighted by Gasteiger charge is 2.22. The van der Waals surface area contributed by atoms with Crippen LogP contribution in [-0.4, -0.2) is 6.61 Å². The molecular formula is C34H39F3O. The number of unbranched alkanes of at least 4 members (excludes halogenated alkanes) is 5. The van der Waals surface area contributed by atoms with Crippen molar-refractivity contribution in [2.24, 2.45) is 5.92 Å². The van der Waals surface area contributed by atoms with Crippen LogP contribution in [0.2, 0.25) is 0 Å². The van der Waals surface area contributed by atoms with Gasteiger partial charge in [-0.15, -0.1) is 6.58 Å². The standard InChI is InChI=1S/C34H39F3O/c1-3-5-6-7-8-9-22-38-32-21-20-30(33(36)34(32)37)27-16-14-26(15-17-27)29-19-18-28(23-31(29)35)25-12-10-24(4-2)11-13-25/h4,14-21,23-25H,2-3,5-13,22H2,1H3. The highest BCUT2D eigenvalue weighted by atomic mass is 19.2. The highest BCUT2D eigenvalue weighted by molar-refractivity contribution is 5.71. The number of hydrogen-bond donors (Lipinski definition) is 0. The smallest absolute Gasteiger partial charge is 0.201 e. The molecule has 1 aliphatic rings. The van der Waals surface area contributed by atoms with Gasteiger partial charge in [-0.25, -0.2) is 8.78 Å². The minimum absolute atomic E-state index is 0.0587. The maximum Gasteiger partial charge on any atom is 0.201 e. The van der Waals surface area contributed by atoms with E-state index in [1.54, 1.807) is 36.4 Å². The summed E-state index contributed by atoms with van der Waals surface area (Å²) in [5, 5.41) is 0. The number of rotatable bonds is 12. The second kappa shape index (κ2) is 13.7. The summed E-state index contributed by atoms with van der Waals surface area (Å²) in [7, 11) is 0. The average molecular weight is 521 g/mol. The predicted octanol–water partition coefficient (Wildman–Crippen LogP) is 10.6. The number of halogens is 3. The molecule has 0 atom stereocenters. The van der Waals surface area contributed by atoms with Crippen molar-refractivity contribution in [2.45, 2.75) is 77.0 Å². The van der Waals surface area contributed by atoms with E-state index in [0.717, 1.165) is 50.5 Å². The molecule has 3 aromatic carbocycles. The zero-order valence-corrected chi connectivity index (χ0v) is 22.5. The van der Waals surface area contributed by atoms with Crippen molar-refractivity contribution in [2.75, 3.05) is 6.61 Å². The quantitative estimate of drug-likeness (QED) is 0.170. The van der Waals surface area contributed by atoms with E-state index in [4.69, 9.17) is 4.74 Å². The Bertz CT molecular complexity index is 1190. The molecule has 38 heavy (non-hydrogen) atoms.